The van der Waals surface area contributed by atoms with Gasteiger partial charge in [-0.2, -0.15) is 0 Å². The maximum absolute atomic E-state index is 6.26. The second-order valence-corrected chi connectivity index (χ2v) is 6.06. The summed E-state index contributed by atoms with van der Waals surface area (Å²) < 4.78 is 0. The first-order valence-electron chi connectivity index (χ1n) is 7.47. The molecule has 1 aliphatic heterocycles. The molecule has 0 spiro atoms. The highest BCUT2D eigenvalue weighted by atomic mass is 35.5. The second-order valence-electron chi connectivity index (χ2n) is 5.65. The van der Waals surface area contributed by atoms with Crippen LogP contribution < -0.4 is 5.32 Å². The van der Waals surface area contributed by atoms with Gasteiger partial charge in [0.15, 0.2) is 5.82 Å². The van der Waals surface area contributed by atoms with Crippen molar-refractivity contribution in [2.24, 2.45) is 0 Å². The number of nitrogens with one attached hydrogen (secondary N) is 1. The van der Waals surface area contributed by atoms with Gasteiger partial charge in [0.1, 0.15) is 0 Å². The molecule has 3 rings (SSSR count). The van der Waals surface area contributed by atoms with Gasteiger partial charge >= 0.3 is 0 Å². The Kier molecular flexibility index (Phi) is 4.22. The maximum Gasteiger partial charge on any atom is 0.161 e. The number of hydrogen-bond donors (Lipinski definition) is 1. The van der Waals surface area contributed by atoms with Crippen molar-refractivity contribution in [1.82, 2.24) is 15.3 Å². The van der Waals surface area contributed by atoms with Gasteiger partial charge in [0.2, 0.25) is 0 Å². The van der Waals surface area contributed by atoms with E-state index in [1.54, 1.807) is 0 Å². The largest absolute Gasteiger partial charge is 0.316 e. The fourth-order valence-corrected chi connectivity index (χ4v) is 3.40. The Balaban J connectivity index is 2.02. The average Bonchev–Trinajstić information content (AvgIpc) is 2.48. The third-order valence-corrected chi connectivity index (χ3v) is 4.48. The zero-order valence-corrected chi connectivity index (χ0v) is 13.2. The predicted molar refractivity (Wildman–Crippen MR) is 86.8 cm³/mol. The van der Waals surface area contributed by atoms with Gasteiger partial charge in [-0.15, -0.1) is 0 Å². The fourth-order valence-electron chi connectivity index (χ4n) is 3.18. The zero-order valence-electron chi connectivity index (χ0n) is 12.5. The van der Waals surface area contributed by atoms with Crippen LogP contribution in [-0.2, 0) is 0 Å². The molecule has 1 N–H and O–H groups in total. The van der Waals surface area contributed by atoms with E-state index in [1.807, 2.05) is 24.3 Å². The minimum absolute atomic E-state index is 0.527. The second kappa shape index (κ2) is 6.12. The molecule has 1 saturated heterocycles. The highest BCUT2D eigenvalue weighted by Crippen LogP contribution is 2.31. The van der Waals surface area contributed by atoms with Crippen molar-refractivity contribution in [3.05, 3.63) is 46.2 Å². The van der Waals surface area contributed by atoms with Gasteiger partial charge in [0, 0.05) is 23.5 Å². The third kappa shape index (κ3) is 2.94. The summed E-state index contributed by atoms with van der Waals surface area (Å²) >= 11 is 6.26. The summed E-state index contributed by atoms with van der Waals surface area (Å²) in [7, 11) is 0. The summed E-state index contributed by atoms with van der Waals surface area (Å²) in [5.41, 5.74) is 4.36. The average molecular weight is 302 g/mol. The lowest BCUT2D eigenvalue weighted by atomic mass is 9.89. The fraction of sp³-hybridized carbons (Fsp3) is 0.412. The minimum atomic E-state index is 0.527. The number of hydrogen-bond acceptors (Lipinski definition) is 3. The lowest BCUT2D eigenvalue weighted by Gasteiger charge is -2.25. The molecular weight excluding hydrogens is 282 g/mol. The van der Waals surface area contributed by atoms with E-state index in [2.05, 4.69) is 19.2 Å². The Morgan fingerprint density at radius 3 is 2.48 bits per heavy atom. The van der Waals surface area contributed by atoms with Crippen LogP contribution in [0.4, 0.5) is 0 Å². The number of halogens is 1. The first-order valence-corrected chi connectivity index (χ1v) is 7.85. The van der Waals surface area contributed by atoms with Crippen molar-refractivity contribution in [2.45, 2.75) is 32.6 Å². The van der Waals surface area contributed by atoms with Crippen molar-refractivity contribution in [1.29, 1.82) is 0 Å². The molecule has 1 unspecified atom stereocenters. The van der Waals surface area contributed by atoms with Gasteiger partial charge in [0.25, 0.3) is 0 Å². The number of nitrogens with zero attached hydrogens (tertiary/aromatic N) is 2. The molecule has 0 saturated carbocycles. The monoisotopic (exact) mass is 301 g/mol. The van der Waals surface area contributed by atoms with Crippen LogP contribution in [0.2, 0.25) is 5.02 Å². The lowest BCUT2D eigenvalue weighted by molar-refractivity contribution is 0.457. The van der Waals surface area contributed by atoms with E-state index in [0.29, 0.717) is 10.9 Å². The number of aryl methyl sites for hydroxylation is 2. The van der Waals surface area contributed by atoms with E-state index in [4.69, 9.17) is 21.6 Å². The summed E-state index contributed by atoms with van der Waals surface area (Å²) in [5, 5.41) is 4.16. The van der Waals surface area contributed by atoms with Crippen LogP contribution in [0.3, 0.4) is 0 Å². The lowest BCUT2D eigenvalue weighted by Crippen LogP contribution is -2.29. The van der Waals surface area contributed by atoms with Gasteiger partial charge in [-0.1, -0.05) is 23.7 Å². The van der Waals surface area contributed by atoms with E-state index < -0.39 is 0 Å². The van der Waals surface area contributed by atoms with E-state index in [-0.39, 0.29) is 0 Å². The molecule has 0 bridgehead atoms. The minimum Gasteiger partial charge on any atom is -0.316 e. The molecule has 21 heavy (non-hydrogen) atoms. The van der Waals surface area contributed by atoms with Crippen molar-refractivity contribution < 1.29 is 0 Å². The number of aromatic nitrogens is 2. The number of piperidine rings is 1. The van der Waals surface area contributed by atoms with Gasteiger partial charge in [-0.05, 0) is 56.8 Å². The van der Waals surface area contributed by atoms with Crippen LogP contribution in [0.1, 0.15) is 35.7 Å². The molecular formula is C17H20ClN3. The van der Waals surface area contributed by atoms with E-state index in [9.17, 15) is 0 Å². The van der Waals surface area contributed by atoms with E-state index in [0.717, 1.165) is 35.9 Å². The summed E-state index contributed by atoms with van der Waals surface area (Å²) in [5.74, 6) is 1.25. The summed E-state index contributed by atoms with van der Waals surface area (Å²) in [6.45, 7) is 6.31. The van der Waals surface area contributed by atoms with Crippen LogP contribution in [0.15, 0.2) is 24.3 Å². The third-order valence-electron chi connectivity index (χ3n) is 4.15. The number of rotatable bonds is 2. The van der Waals surface area contributed by atoms with Gasteiger partial charge in [-0.3, -0.25) is 0 Å². The molecule has 4 heteroatoms. The number of benzene rings is 1. The standard InChI is InChI=1S/C17H20ClN3/c1-11-16(13-6-5-9-19-10-13)12(2)21-17(20-11)14-7-3-4-8-15(14)18/h3-4,7-8,13,19H,5-6,9-10H2,1-2H3. The molecule has 1 aromatic carbocycles. The summed E-state index contributed by atoms with van der Waals surface area (Å²) in [4.78, 5) is 9.43. The van der Waals surface area contributed by atoms with Crippen LogP contribution in [-0.4, -0.2) is 23.1 Å². The Morgan fingerprint density at radius 1 is 1.14 bits per heavy atom. The molecule has 2 heterocycles. The van der Waals surface area contributed by atoms with Crippen LogP contribution in [0.25, 0.3) is 11.4 Å². The van der Waals surface area contributed by atoms with E-state index in [1.165, 1.54) is 18.4 Å². The van der Waals surface area contributed by atoms with Gasteiger partial charge in [0.05, 0.1) is 5.02 Å². The molecule has 1 aliphatic rings. The molecule has 0 aliphatic carbocycles. The Bertz CT molecular complexity index is 625. The zero-order chi connectivity index (χ0) is 14.8. The van der Waals surface area contributed by atoms with E-state index >= 15 is 0 Å². The Hall–Kier alpha value is -1.45. The molecule has 0 amide bonds. The van der Waals surface area contributed by atoms with Crippen molar-refractivity contribution >= 4 is 11.6 Å². The first kappa shape index (κ1) is 14.5. The maximum atomic E-state index is 6.26. The Labute approximate surface area is 130 Å². The van der Waals surface area contributed by atoms with Crippen molar-refractivity contribution in [3.8, 4) is 11.4 Å². The highest BCUT2D eigenvalue weighted by molar-refractivity contribution is 6.33. The van der Waals surface area contributed by atoms with Gasteiger partial charge in [-0.25, -0.2) is 9.97 Å². The molecule has 2 aromatic rings. The molecule has 1 fully saturated rings. The van der Waals surface area contributed by atoms with Crippen LogP contribution >= 0.6 is 11.6 Å². The summed E-state index contributed by atoms with van der Waals surface area (Å²) in [6.07, 6.45) is 2.43. The normalized spacial score (nSPS) is 18.7. The SMILES string of the molecule is Cc1nc(-c2ccccc2Cl)nc(C)c1C1CCCNC1. The topological polar surface area (TPSA) is 37.8 Å². The molecule has 3 nitrogen and oxygen atoms in total. The molecule has 110 valence electrons. The van der Waals surface area contributed by atoms with Crippen LogP contribution in [0, 0.1) is 13.8 Å². The highest BCUT2D eigenvalue weighted by Gasteiger charge is 2.21. The first-order chi connectivity index (χ1) is 10.2. The van der Waals surface area contributed by atoms with Crippen molar-refractivity contribution in [2.75, 3.05) is 13.1 Å². The molecule has 1 aromatic heterocycles. The molecule has 1 atom stereocenters. The predicted octanol–water partition coefficient (Wildman–Crippen LogP) is 3.88. The Morgan fingerprint density at radius 2 is 1.86 bits per heavy atom. The van der Waals surface area contributed by atoms with Crippen molar-refractivity contribution in [3.63, 3.8) is 0 Å². The molecule has 0 radical (unpaired) electrons. The summed E-state index contributed by atoms with van der Waals surface area (Å²) in [6, 6.07) is 7.74. The quantitative estimate of drug-likeness (QED) is 0.914. The van der Waals surface area contributed by atoms with Crippen LogP contribution in [0.5, 0.6) is 0 Å². The van der Waals surface area contributed by atoms with Gasteiger partial charge < -0.3 is 5.32 Å². The smallest absolute Gasteiger partial charge is 0.161 e.